The van der Waals surface area contributed by atoms with Crippen molar-refractivity contribution in [2.75, 3.05) is 0 Å². The fourth-order valence-electron chi connectivity index (χ4n) is 2.60. The molecule has 0 bridgehead atoms. The van der Waals surface area contributed by atoms with Crippen molar-refractivity contribution in [1.29, 1.82) is 0 Å². The molecule has 0 saturated carbocycles. The van der Waals surface area contributed by atoms with Gasteiger partial charge in [-0.05, 0) is 57.7 Å². The van der Waals surface area contributed by atoms with Crippen LogP contribution in [0.3, 0.4) is 0 Å². The van der Waals surface area contributed by atoms with Crippen LogP contribution < -0.4 is 0 Å². The largest absolute Gasteiger partial charge is 0.264 e. The molecule has 8 heteroatoms. The Morgan fingerprint density at radius 3 is 2.62 bits per heavy atom. The van der Waals surface area contributed by atoms with E-state index in [1.807, 2.05) is 45.9 Å². The topological polar surface area (TPSA) is 81.8 Å². The van der Waals surface area contributed by atoms with Gasteiger partial charge in [0.1, 0.15) is 5.03 Å². The van der Waals surface area contributed by atoms with E-state index in [0.29, 0.717) is 16.8 Å². The number of nitrogens with zero attached hydrogens (tertiary/aromatic N) is 7. The summed E-state index contributed by atoms with van der Waals surface area (Å²) in [6, 6.07) is 5.81. The first-order valence-corrected chi connectivity index (χ1v) is 8.97. The van der Waals surface area contributed by atoms with Crippen LogP contribution in [-0.4, -0.2) is 34.5 Å². The third kappa shape index (κ3) is 3.03. The average molecular weight is 363 g/mol. The van der Waals surface area contributed by atoms with Gasteiger partial charge in [-0.3, -0.25) is 4.98 Å². The number of rotatable bonds is 3. The molecule has 0 aliphatic heterocycles. The summed E-state index contributed by atoms with van der Waals surface area (Å²) < 4.78 is 1.75. The van der Waals surface area contributed by atoms with Gasteiger partial charge in [0.05, 0.1) is 0 Å². The van der Waals surface area contributed by atoms with Gasteiger partial charge in [-0.25, -0.2) is 19.5 Å². The number of pyridine rings is 1. The fourth-order valence-corrected chi connectivity index (χ4v) is 3.46. The fraction of sp³-hybridized carbons (Fsp3) is 0.222. The van der Waals surface area contributed by atoms with Crippen molar-refractivity contribution < 1.29 is 0 Å². The van der Waals surface area contributed by atoms with E-state index < -0.39 is 0 Å². The summed E-state index contributed by atoms with van der Waals surface area (Å²) in [7, 11) is 0. The summed E-state index contributed by atoms with van der Waals surface area (Å²) in [5, 5.41) is 6.01. The van der Waals surface area contributed by atoms with Crippen LogP contribution >= 0.6 is 11.8 Å². The lowest BCUT2D eigenvalue weighted by Gasteiger charge is -2.08. The Labute approximate surface area is 155 Å². The molecule has 0 atom stereocenters. The van der Waals surface area contributed by atoms with Crippen LogP contribution in [0.15, 0.2) is 40.8 Å². The third-order valence-corrected chi connectivity index (χ3v) is 5.00. The van der Waals surface area contributed by atoms with E-state index in [2.05, 4.69) is 25.0 Å². The van der Waals surface area contributed by atoms with Crippen molar-refractivity contribution in [1.82, 2.24) is 34.5 Å². The van der Waals surface area contributed by atoms with Gasteiger partial charge in [-0.15, -0.1) is 5.10 Å². The Balaban J connectivity index is 1.76. The lowest BCUT2D eigenvalue weighted by molar-refractivity contribution is 0.841. The Bertz CT molecular complexity index is 1110. The van der Waals surface area contributed by atoms with Crippen molar-refractivity contribution in [3.05, 3.63) is 53.2 Å². The summed E-state index contributed by atoms with van der Waals surface area (Å²) in [5.41, 5.74) is 4.75. The summed E-state index contributed by atoms with van der Waals surface area (Å²) in [4.78, 5) is 22.4. The van der Waals surface area contributed by atoms with E-state index in [1.54, 1.807) is 16.9 Å². The molecule has 4 aromatic rings. The predicted molar refractivity (Wildman–Crippen MR) is 99.1 cm³/mol. The van der Waals surface area contributed by atoms with Gasteiger partial charge in [0.2, 0.25) is 5.16 Å². The first kappa shape index (κ1) is 16.6. The Kier molecular flexibility index (Phi) is 4.12. The monoisotopic (exact) mass is 363 g/mol. The molecule has 0 amide bonds. The second-order valence-corrected chi connectivity index (χ2v) is 7.01. The maximum Gasteiger partial charge on any atom is 0.253 e. The zero-order valence-electron chi connectivity index (χ0n) is 14.9. The van der Waals surface area contributed by atoms with Crippen molar-refractivity contribution in [2.24, 2.45) is 0 Å². The van der Waals surface area contributed by atoms with Crippen LogP contribution in [0.4, 0.5) is 0 Å². The minimum Gasteiger partial charge on any atom is -0.264 e. The first-order chi connectivity index (χ1) is 12.5. The molecule has 4 heterocycles. The molecule has 0 aliphatic rings. The van der Waals surface area contributed by atoms with Gasteiger partial charge in [-0.2, -0.15) is 4.98 Å². The summed E-state index contributed by atoms with van der Waals surface area (Å²) in [6.45, 7) is 7.93. The van der Waals surface area contributed by atoms with Gasteiger partial charge in [0, 0.05) is 40.6 Å². The molecule has 0 aromatic carbocycles. The number of aromatic nitrogens is 7. The van der Waals surface area contributed by atoms with Gasteiger partial charge >= 0.3 is 0 Å². The molecular formula is C18H17N7S. The molecule has 0 saturated heterocycles. The van der Waals surface area contributed by atoms with E-state index in [4.69, 9.17) is 4.98 Å². The normalized spacial score (nSPS) is 11.2. The van der Waals surface area contributed by atoms with Crippen LogP contribution in [0, 0.1) is 27.7 Å². The molecule has 4 rings (SSSR count). The SMILES string of the molecule is Cc1cc(C)n2nc(Sc3nc(-c4cccnc4)nc(C)c3C)nc2n1. The van der Waals surface area contributed by atoms with Crippen LogP contribution in [0.5, 0.6) is 0 Å². The van der Waals surface area contributed by atoms with Crippen LogP contribution in [0.25, 0.3) is 17.2 Å². The highest BCUT2D eigenvalue weighted by atomic mass is 32.2. The highest BCUT2D eigenvalue weighted by Crippen LogP contribution is 2.29. The summed E-state index contributed by atoms with van der Waals surface area (Å²) in [6.07, 6.45) is 3.50. The molecule has 0 aliphatic carbocycles. The summed E-state index contributed by atoms with van der Waals surface area (Å²) >= 11 is 1.42. The molecular weight excluding hydrogens is 346 g/mol. The molecule has 4 aromatic heterocycles. The smallest absolute Gasteiger partial charge is 0.253 e. The van der Waals surface area contributed by atoms with Crippen molar-refractivity contribution in [3.8, 4) is 11.4 Å². The number of hydrogen-bond acceptors (Lipinski definition) is 7. The Morgan fingerprint density at radius 2 is 1.85 bits per heavy atom. The molecule has 26 heavy (non-hydrogen) atoms. The Hall–Kier alpha value is -2.87. The minimum atomic E-state index is 0.598. The second kappa shape index (κ2) is 6.45. The standard InChI is InChI=1S/C18H17N7S/c1-10-8-11(2)25-17(20-10)23-18(24-25)26-16-12(3)13(4)21-15(22-16)14-6-5-7-19-9-14/h5-9H,1-4H3. The van der Waals surface area contributed by atoms with Gasteiger partial charge in [0.15, 0.2) is 5.82 Å². The quantitative estimate of drug-likeness (QED) is 0.516. The summed E-state index contributed by atoms with van der Waals surface area (Å²) in [5.74, 6) is 1.25. The van der Waals surface area contributed by atoms with E-state index in [1.165, 1.54) is 11.8 Å². The van der Waals surface area contributed by atoms with Gasteiger partial charge < -0.3 is 0 Å². The highest BCUT2D eigenvalue weighted by Gasteiger charge is 2.15. The van der Waals surface area contributed by atoms with Crippen molar-refractivity contribution in [3.63, 3.8) is 0 Å². The van der Waals surface area contributed by atoms with Crippen molar-refractivity contribution in [2.45, 2.75) is 37.9 Å². The zero-order valence-corrected chi connectivity index (χ0v) is 15.7. The molecule has 0 N–H and O–H groups in total. The second-order valence-electron chi connectivity index (χ2n) is 6.05. The third-order valence-electron chi connectivity index (χ3n) is 4.05. The number of aryl methyl sites for hydroxylation is 3. The van der Waals surface area contributed by atoms with E-state index in [-0.39, 0.29) is 0 Å². The maximum atomic E-state index is 4.71. The lowest BCUT2D eigenvalue weighted by atomic mass is 10.2. The van der Waals surface area contributed by atoms with E-state index in [9.17, 15) is 0 Å². The van der Waals surface area contributed by atoms with Gasteiger partial charge in [0.25, 0.3) is 5.78 Å². The van der Waals surface area contributed by atoms with E-state index >= 15 is 0 Å². The zero-order chi connectivity index (χ0) is 18.3. The molecule has 0 radical (unpaired) electrons. The number of hydrogen-bond donors (Lipinski definition) is 0. The minimum absolute atomic E-state index is 0.598. The molecule has 0 unspecified atom stereocenters. The Morgan fingerprint density at radius 1 is 1.00 bits per heavy atom. The van der Waals surface area contributed by atoms with Gasteiger partial charge in [-0.1, -0.05) is 0 Å². The average Bonchev–Trinajstić information content (AvgIpc) is 3.02. The van der Waals surface area contributed by atoms with Crippen LogP contribution in [0.2, 0.25) is 0 Å². The van der Waals surface area contributed by atoms with Crippen molar-refractivity contribution >= 4 is 17.5 Å². The predicted octanol–water partition coefficient (Wildman–Crippen LogP) is 3.36. The maximum absolute atomic E-state index is 4.71. The highest BCUT2D eigenvalue weighted by molar-refractivity contribution is 7.99. The first-order valence-electron chi connectivity index (χ1n) is 8.16. The van der Waals surface area contributed by atoms with Crippen LogP contribution in [0.1, 0.15) is 22.6 Å². The van der Waals surface area contributed by atoms with E-state index in [0.717, 1.165) is 33.2 Å². The molecule has 7 nitrogen and oxygen atoms in total. The molecule has 0 spiro atoms. The lowest BCUT2D eigenvalue weighted by Crippen LogP contribution is -1.99. The molecule has 130 valence electrons. The van der Waals surface area contributed by atoms with Crippen LogP contribution in [-0.2, 0) is 0 Å². The number of fused-ring (bicyclic) bond motifs is 1. The molecule has 0 fully saturated rings.